The highest BCUT2D eigenvalue weighted by molar-refractivity contribution is 5.84. The molecule has 0 saturated heterocycles. The van der Waals surface area contributed by atoms with Crippen LogP contribution in [0, 0.1) is 6.92 Å². The molecule has 1 nitrogen and oxygen atoms in total. The van der Waals surface area contributed by atoms with Crippen molar-refractivity contribution in [3.05, 3.63) is 102 Å². The number of aromatic nitrogens is 1. The number of hydrogen-bond acceptors (Lipinski definition) is 1. The first kappa shape index (κ1) is 15.9. The summed E-state index contributed by atoms with van der Waals surface area (Å²) in [6.45, 7) is 8.05. The summed E-state index contributed by atoms with van der Waals surface area (Å²) in [5, 5.41) is 0. The molecule has 3 rings (SSSR count). The Kier molecular flexibility index (Phi) is 4.72. The Balaban J connectivity index is 1.99. The third-order valence-electron chi connectivity index (χ3n) is 4.16. The van der Waals surface area contributed by atoms with Gasteiger partial charge in [-0.25, -0.2) is 0 Å². The van der Waals surface area contributed by atoms with Crippen molar-refractivity contribution in [3.63, 3.8) is 0 Å². The van der Waals surface area contributed by atoms with Crippen LogP contribution in [0.5, 0.6) is 0 Å². The summed E-state index contributed by atoms with van der Waals surface area (Å²) >= 11 is 0. The SMILES string of the molecule is C=Cc1ncccc1/C(=C\C)c1ccc(-c2cccc(C)c2)cc1. The lowest BCUT2D eigenvalue weighted by atomic mass is 9.94. The monoisotopic (exact) mass is 311 g/mol. The van der Waals surface area contributed by atoms with E-state index in [0.29, 0.717) is 0 Å². The Morgan fingerprint density at radius 3 is 2.42 bits per heavy atom. The van der Waals surface area contributed by atoms with Crippen molar-refractivity contribution in [2.75, 3.05) is 0 Å². The fourth-order valence-electron chi connectivity index (χ4n) is 2.95. The van der Waals surface area contributed by atoms with E-state index in [9.17, 15) is 0 Å². The van der Waals surface area contributed by atoms with Gasteiger partial charge in [-0.15, -0.1) is 0 Å². The number of aryl methyl sites for hydroxylation is 1. The lowest BCUT2D eigenvalue weighted by Gasteiger charge is -2.11. The summed E-state index contributed by atoms with van der Waals surface area (Å²) in [5.74, 6) is 0. The van der Waals surface area contributed by atoms with E-state index in [1.165, 1.54) is 27.8 Å². The molecule has 0 amide bonds. The van der Waals surface area contributed by atoms with Gasteiger partial charge >= 0.3 is 0 Å². The van der Waals surface area contributed by atoms with Gasteiger partial charge in [-0.05, 0) is 48.3 Å². The molecule has 0 saturated carbocycles. The molecule has 3 aromatic rings. The van der Waals surface area contributed by atoms with Gasteiger partial charge in [0, 0.05) is 11.8 Å². The lowest BCUT2D eigenvalue weighted by Crippen LogP contribution is -1.93. The Morgan fingerprint density at radius 1 is 0.958 bits per heavy atom. The minimum atomic E-state index is 0.911. The molecule has 0 aliphatic heterocycles. The van der Waals surface area contributed by atoms with Gasteiger partial charge in [0.05, 0.1) is 5.69 Å². The standard InChI is InChI=1S/C23H21N/c1-4-21(22-10-7-15-24-23(22)5-2)19-13-11-18(12-14-19)20-9-6-8-17(3)16-20/h4-16H,2H2,1,3H3/b21-4-. The average molecular weight is 311 g/mol. The summed E-state index contributed by atoms with van der Waals surface area (Å²) in [5.41, 5.74) is 8.13. The topological polar surface area (TPSA) is 12.9 Å². The number of allylic oxidation sites excluding steroid dienone is 1. The van der Waals surface area contributed by atoms with Crippen LogP contribution in [0.3, 0.4) is 0 Å². The van der Waals surface area contributed by atoms with Crippen LogP contribution in [-0.2, 0) is 0 Å². The third kappa shape index (κ3) is 3.21. The van der Waals surface area contributed by atoms with Crippen LogP contribution < -0.4 is 0 Å². The molecule has 0 aliphatic carbocycles. The molecule has 0 bridgehead atoms. The van der Waals surface area contributed by atoms with Gasteiger partial charge in [-0.3, -0.25) is 4.98 Å². The third-order valence-corrected chi connectivity index (χ3v) is 4.16. The minimum Gasteiger partial charge on any atom is -0.256 e. The molecule has 1 heteroatoms. The van der Waals surface area contributed by atoms with Gasteiger partial charge in [-0.2, -0.15) is 0 Å². The summed E-state index contributed by atoms with van der Waals surface area (Å²) in [6.07, 6.45) is 5.74. The van der Waals surface area contributed by atoms with Gasteiger partial charge in [0.25, 0.3) is 0 Å². The summed E-state index contributed by atoms with van der Waals surface area (Å²) in [7, 11) is 0. The first-order chi connectivity index (χ1) is 11.7. The van der Waals surface area contributed by atoms with E-state index in [-0.39, 0.29) is 0 Å². The molecule has 0 aliphatic rings. The second-order valence-corrected chi connectivity index (χ2v) is 5.79. The molecule has 118 valence electrons. The quantitative estimate of drug-likeness (QED) is 0.563. The molecule has 24 heavy (non-hydrogen) atoms. The van der Waals surface area contributed by atoms with Crippen LogP contribution in [0.1, 0.15) is 29.3 Å². The fourth-order valence-corrected chi connectivity index (χ4v) is 2.95. The zero-order chi connectivity index (χ0) is 16.9. The highest BCUT2D eigenvalue weighted by Gasteiger charge is 2.08. The van der Waals surface area contributed by atoms with E-state index < -0.39 is 0 Å². The van der Waals surface area contributed by atoms with Crippen LogP contribution in [0.4, 0.5) is 0 Å². The molecular formula is C23H21N. The molecule has 2 aromatic carbocycles. The molecule has 0 unspecified atom stereocenters. The number of benzene rings is 2. The number of pyridine rings is 1. The largest absolute Gasteiger partial charge is 0.256 e. The molecule has 0 radical (unpaired) electrons. The van der Waals surface area contributed by atoms with Crippen molar-refractivity contribution in [1.29, 1.82) is 0 Å². The molecular weight excluding hydrogens is 290 g/mol. The van der Waals surface area contributed by atoms with Crippen LogP contribution >= 0.6 is 0 Å². The maximum Gasteiger partial charge on any atom is 0.0702 e. The van der Waals surface area contributed by atoms with Crippen LogP contribution in [-0.4, -0.2) is 4.98 Å². The van der Waals surface area contributed by atoms with Crippen molar-refractivity contribution in [2.45, 2.75) is 13.8 Å². The number of hydrogen-bond donors (Lipinski definition) is 0. The molecule has 0 fully saturated rings. The zero-order valence-corrected chi connectivity index (χ0v) is 14.2. The Bertz CT molecular complexity index is 886. The van der Waals surface area contributed by atoms with Gasteiger partial charge in [0.15, 0.2) is 0 Å². The van der Waals surface area contributed by atoms with Crippen LogP contribution in [0.15, 0.2) is 79.5 Å². The molecule has 1 heterocycles. The van der Waals surface area contributed by atoms with E-state index in [1.807, 2.05) is 6.07 Å². The predicted molar refractivity (Wildman–Crippen MR) is 104 cm³/mol. The Morgan fingerprint density at radius 2 is 1.75 bits per heavy atom. The van der Waals surface area contributed by atoms with Crippen molar-refractivity contribution < 1.29 is 0 Å². The molecule has 0 spiro atoms. The second kappa shape index (κ2) is 7.10. The average Bonchev–Trinajstić information content (AvgIpc) is 2.63. The van der Waals surface area contributed by atoms with E-state index in [4.69, 9.17) is 0 Å². The first-order valence-electron chi connectivity index (χ1n) is 8.14. The van der Waals surface area contributed by atoms with Crippen LogP contribution in [0.25, 0.3) is 22.8 Å². The highest BCUT2D eigenvalue weighted by atomic mass is 14.7. The lowest BCUT2D eigenvalue weighted by molar-refractivity contribution is 1.27. The van der Waals surface area contributed by atoms with E-state index in [0.717, 1.165) is 11.3 Å². The van der Waals surface area contributed by atoms with Gasteiger partial charge < -0.3 is 0 Å². The van der Waals surface area contributed by atoms with Crippen molar-refractivity contribution in [2.24, 2.45) is 0 Å². The van der Waals surface area contributed by atoms with E-state index in [1.54, 1.807) is 12.3 Å². The van der Waals surface area contributed by atoms with Crippen molar-refractivity contribution in [3.8, 4) is 11.1 Å². The van der Waals surface area contributed by atoms with Crippen LogP contribution in [0.2, 0.25) is 0 Å². The maximum absolute atomic E-state index is 4.41. The van der Waals surface area contributed by atoms with E-state index in [2.05, 4.69) is 86.1 Å². The zero-order valence-electron chi connectivity index (χ0n) is 14.2. The first-order valence-corrected chi connectivity index (χ1v) is 8.14. The predicted octanol–water partition coefficient (Wildman–Crippen LogP) is 6.15. The summed E-state index contributed by atoms with van der Waals surface area (Å²) in [6, 6.07) is 21.3. The molecule has 0 atom stereocenters. The Labute approximate surface area is 144 Å². The molecule has 1 aromatic heterocycles. The van der Waals surface area contributed by atoms with Gasteiger partial charge in [-0.1, -0.05) is 72.8 Å². The normalized spacial score (nSPS) is 11.3. The smallest absolute Gasteiger partial charge is 0.0702 e. The van der Waals surface area contributed by atoms with E-state index >= 15 is 0 Å². The summed E-state index contributed by atoms with van der Waals surface area (Å²) in [4.78, 5) is 4.41. The minimum absolute atomic E-state index is 0.911. The van der Waals surface area contributed by atoms with Crippen molar-refractivity contribution in [1.82, 2.24) is 4.98 Å². The molecule has 0 N–H and O–H groups in total. The Hall–Kier alpha value is -2.93. The van der Waals surface area contributed by atoms with Gasteiger partial charge in [0.1, 0.15) is 0 Å². The maximum atomic E-state index is 4.41. The number of rotatable bonds is 4. The van der Waals surface area contributed by atoms with Gasteiger partial charge in [0.2, 0.25) is 0 Å². The number of nitrogens with zero attached hydrogens (tertiary/aromatic N) is 1. The van der Waals surface area contributed by atoms with Crippen molar-refractivity contribution >= 4 is 11.6 Å². The highest BCUT2D eigenvalue weighted by Crippen LogP contribution is 2.28. The fraction of sp³-hybridized carbons (Fsp3) is 0.0870. The summed E-state index contributed by atoms with van der Waals surface area (Å²) < 4.78 is 0. The second-order valence-electron chi connectivity index (χ2n) is 5.79.